The summed E-state index contributed by atoms with van der Waals surface area (Å²) in [5, 5.41) is 1.16. The molecule has 0 spiro atoms. The van der Waals surface area contributed by atoms with Crippen molar-refractivity contribution in [3.63, 3.8) is 0 Å². The minimum atomic E-state index is 0.307. The first-order valence-corrected chi connectivity index (χ1v) is 7.82. The summed E-state index contributed by atoms with van der Waals surface area (Å²) in [6.07, 6.45) is 0. The van der Waals surface area contributed by atoms with E-state index in [1.165, 1.54) is 0 Å². The lowest BCUT2D eigenvalue weighted by molar-refractivity contribution is 0.492. The average Bonchev–Trinajstić information content (AvgIpc) is 2.73. The van der Waals surface area contributed by atoms with Gasteiger partial charge in [-0.05, 0) is 18.2 Å². The SMILES string of the molecule is CC(C)c1oc(-c2ccc(Cl)cc2Cl)nc1CI. The molecule has 1 aromatic carbocycles. The molecule has 2 aromatic rings. The molecule has 96 valence electrons. The highest BCUT2D eigenvalue weighted by atomic mass is 127. The molecular formula is C13H12Cl2INO. The number of oxazole rings is 1. The van der Waals surface area contributed by atoms with Gasteiger partial charge in [0.1, 0.15) is 5.76 Å². The minimum Gasteiger partial charge on any atom is -0.441 e. The molecule has 0 radical (unpaired) electrons. The van der Waals surface area contributed by atoms with E-state index < -0.39 is 0 Å². The van der Waals surface area contributed by atoms with Crippen LogP contribution in [-0.2, 0) is 4.43 Å². The zero-order chi connectivity index (χ0) is 13.3. The van der Waals surface area contributed by atoms with Gasteiger partial charge in [-0.25, -0.2) is 4.98 Å². The van der Waals surface area contributed by atoms with Crippen molar-refractivity contribution >= 4 is 45.8 Å². The second-order valence-electron chi connectivity index (χ2n) is 4.24. The molecule has 0 aliphatic rings. The van der Waals surface area contributed by atoms with Gasteiger partial charge in [0.2, 0.25) is 5.89 Å². The highest BCUT2D eigenvalue weighted by molar-refractivity contribution is 14.1. The van der Waals surface area contributed by atoms with Crippen molar-refractivity contribution in [2.24, 2.45) is 0 Å². The van der Waals surface area contributed by atoms with E-state index in [4.69, 9.17) is 27.6 Å². The van der Waals surface area contributed by atoms with Crippen LogP contribution in [0.5, 0.6) is 0 Å². The van der Waals surface area contributed by atoms with E-state index in [9.17, 15) is 0 Å². The van der Waals surface area contributed by atoms with Crippen LogP contribution in [0.3, 0.4) is 0 Å². The fraction of sp³-hybridized carbons (Fsp3) is 0.308. The molecular weight excluding hydrogens is 384 g/mol. The Kier molecular flexibility index (Phi) is 4.56. The number of halogens is 3. The van der Waals surface area contributed by atoms with Crippen molar-refractivity contribution in [1.82, 2.24) is 4.98 Å². The summed E-state index contributed by atoms with van der Waals surface area (Å²) >= 11 is 14.3. The Hall–Kier alpha value is -0.260. The van der Waals surface area contributed by atoms with Crippen molar-refractivity contribution in [2.45, 2.75) is 24.2 Å². The summed E-state index contributed by atoms with van der Waals surface area (Å²) in [5.41, 5.74) is 1.76. The highest BCUT2D eigenvalue weighted by Gasteiger charge is 2.18. The second kappa shape index (κ2) is 5.80. The van der Waals surface area contributed by atoms with Gasteiger partial charge >= 0.3 is 0 Å². The lowest BCUT2D eigenvalue weighted by Crippen LogP contribution is -1.89. The number of benzene rings is 1. The predicted octanol–water partition coefficient (Wildman–Crippen LogP) is 5.71. The Morgan fingerprint density at radius 2 is 2.06 bits per heavy atom. The molecule has 0 unspecified atom stereocenters. The van der Waals surface area contributed by atoms with E-state index >= 15 is 0 Å². The Bertz CT molecular complexity index is 566. The molecule has 0 N–H and O–H groups in total. The van der Waals surface area contributed by atoms with E-state index in [-0.39, 0.29) is 0 Å². The molecule has 1 heterocycles. The molecule has 0 aliphatic carbocycles. The van der Waals surface area contributed by atoms with Gasteiger partial charge in [0, 0.05) is 15.4 Å². The summed E-state index contributed by atoms with van der Waals surface area (Å²) in [4.78, 5) is 4.51. The van der Waals surface area contributed by atoms with Crippen molar-refractivity contribution in [2.75, 3.05) is 0 Å². The highest BCUT2D eigenvalue weighted by Crippen LogP contribution is 2.33. The normalized spacial score (nSPS) is 11.2. The van der Waals surface area contributed by atoms with Crippen LogP contribution in [0, 0.1) is 0 Å². The third kappa shape index (κ3) is 2.83. The van der Waals surface area contributed by atoms with Crippen LogP contribution in [0.2, 0.25) is 10.0 Å². The maximum absolute atomic E-state index is 6.16. The third-order valence-corrected chi connectivity index (χ3v) is 3.81. The lowest BCUT2D eigenvalue weighted by Gasteiger charge is -2.01. The number of alkyl halides is 1. The molecule has 0 fully saturated rings. The van der Waals surface area contributed by atoms with Gasteiger partial charge in [-0.2, -0.15) is 0 Å². The Morgan fingerprint density at radius 1 is 1.33 bits per heavy atom. The van der Waals surface area contributed by atoms with Crippen molar-refractivity contribution in [1.29, 1.82) is 0 Å². The first kappa shape index (κ1) is 14.2. The molecule has 0 aliphatic heterocycles. The van der Waals surface area contributed by atoms with Crippen molar-refractivity contribution in [3.8, 4) is 11.5 Å². The zero-order valence-electron chi connectivity index (χ0n) is 10.0. The molecule has 2 rings (SSSR count). The van der Waals surface area contributed by atoms with Gasteiger partial charge in [-0.1, -0.05) is 59.6 Å². The summed E-state index contributed by atoms with van der Waals surface area (Å²) < 4.78 is 6.65. The van der Waals surface area contributed by atoms with E-state index in [2.05, 4.69) is 41.4 Å². The second-order valence-corrected chi connectivity index (χ2v) is 5.85. The third-order valence-electron chi connectivity index (χ3n) is 2.54. The number of rotatable bonds is 3. The fourth-order valence-corrected chi connectivity index (χ4v) is 2.72. The van der Waals surface area contributed by atoms with E-state index in [0.717, 1.165) is 21.4 Å². The molecule has 1 aromatic heterocycles. The Balaban J connectivity index is 2.51. The Morgan fingerprint density at radius 3 is 2.56 bits per heavy atom. The van der Waals surface area contributed by atoms with Crippen LogP contribution >= 0.6 is 45.8 Å². The first-order chi connectivity index (χ1) is 8.52. The van der Waals surface area contributed by atoms with E-state index in [1.807, 2.05) is 6.07 Å². The van der Waals surface area contributed by atoms with Gasteiger partial charge in [0.25, 0.3) is 0 Å². The van der Waals surface area contributed by atoms with Gasteiger partial charge in [0.15, 0.2) is 0 Å². The van der Waals surface area contributed by atoms with Crippen LogP contribution in [0.25, 0.3) is 11.5 Å². The summed E-state index contributed by atoms with van der Waals surface area (Å²) in [5.74, 6) is 1.79. The van der Waals surface area contributed by atoms with Crippen LogP contribution in [-0.4, -0.2) is 4.98 Å². The molecule has 0 atom stereocenters. The van der Waals surface area contributed by atoms with Gasteiger partial charge in [-0.15, -0.1) is 0 Å². The summed E-state index contributed by atoms with van der Waals surface area (Å²) in [6.45, 7) is 4.17. The number of nitrogens with zero attached hydrogens (tertiary/aromatic N) is 1. The molecule has 5 heteroatoms. The quantitative estimate of drug-likeness (QED) is 0.491. The number of hydrogen-bond donors (Lipinski definition) is 0. The Labute approximate surface area is 130 Å². The molecule has 0 amide bonds. The molecule has 2 nitrogen and oxygen atoms in total. The zero-order valence-corrected chi connectivity index (χ0v) is 13.7. The molecule has 0 saturated heterocycles. The number of hydrogen-bond acceptors (Lipinski definition) is 2. The average molecular weight is 396 g/mol. The van der Waals surface area contributed by atoms with E-state index in [1.54, 1.807) is 12.1 Å². The fourth-order valence-electron chi connectivity index (χ4n) is 1.69. The largest absolute Gasteiger partial charge is 0.441 e. The van der Waals surface area contributed by atoms with Gasteiger partial charge < -0.3 is 4.42 Å². The summed E-state index contributed by atoms with van der Waals surface area (Å²) in [6, 6.07) is 5.31. The van der Waals surface area contributed by atoms with Gasteiger partial charge in [0.05, 0.1) is 16.3 Å². The van der Waals surface area contributed by atoms with Crippen molar-refractivity contribution < 1.29 is 4.42 Å². The topological polar surface area (TPSA) is 26.0 Å². The predicted molar refractivity (Wildman–Crippen MR) is 83.8 cm³/mol. The van der Waals surface area contributed by atoms with Crippen LogP contribution in [0.15, 0.2) is 22.6 Å². The maximum atomic E-state index is 6.16. The summed E-state index contributed by atoms with van der Waals surface area (Å²) in [7, 11) is 0. The van der Waals surface area contributed by atoms with Crippen LogP contribution < -0.4 is 0 Å². The molecule has 0 bridgehead atoms. The maximum Gasteiger partial charge on any atom is 0.228 e. The first-order valence-electron chi connectivity index (χ1n) is 5.54. The van der Waals surface area contributed by atoms with E-state index in [0.29, 0.717) is 21.9 Å². The molecule has 0 saturated carbocycles. The van der Waals surface area contributed by atoms with Gasteiger partial charge in [-0.3, -0.25) is 0 Å². The lowest BCUT2D eigenvalue weighted by atomic mass is 10.1. The van der Waals surface area contributed by atoms with Crippen LogP contribution in [0.1, 0.15) is 31.2 Å². The standard InChI is InChI=1S/C13H12Cl2INO/c1-7(2)12-11(6-16)17-13(18-12)9-4-3-8(14)5-10(9)15/h3-5,7H,6H2,1-2H3. The monoisotopic (exact) mass is 395 g/mol. The molecule has 18 heavy (non-hydrogen) atoms. The minimum absolute atomic E-state index is 0.307. The smallest absolute Gasteiger partial charge is 0.228 e. The number of aromatic nitrogens is 1. The van der Waals surface area contributed by atoms with Crippen molar-refractivity contribution in [3.05, 3.63) is 39.7 Å². The van der Waals surface area contributed by atoms with Crippen LogP contribution in [0.4, 0.5) is 0 Å².